The van der Waals surface area contributed by atoms with Crippen molar-refractivity contribution in [3.8, 4) is 0 Å². The van der Waals surface area contributed by atoms with Gasteiger partial charge in [-0.1, -0.05) is 0 Å². The zero-order chi connectivity index (χ0) is 10.1. The lowest BCUT2D eigenvalue weighted by atomic mass is 10.2. The highest BCUT2D eigenvalue weighted by Gasteiger charge is 2.13. The lowest BCUT2D eigenvalue weighted by Gasteiger charge is -2.00. The van der Waals surface area contributed by atoms with E-state index in [9.17, 15) is 10.1 Å². The molecule has 2 N–H and O–H groups in total. The summed E-state index contributed by atoms with van der Waals surface area (Å²) in [5.41, 5.74) is 5.48. The molecule has 0 aliphatic heterocycles. The molecule has 2 rings (SSSR count). The molecule has 0 radical (unpaired) electrons. The molecule has 0 atom stereocenters. The molecule has 6 nitrogen and oxygen atoms in total. The molecule has 0 saturated heterocycles. The summed E-state index contributed by atoms with van der Waals surface area (Å²) in [5, 5.41) is 11.6. The van der Waals surface area contributed by atoms with Crippen molar-refractivity contribution in [2.75, 3.05) is 5.73 Å². The summed E-state index contributed by atoms with van der Waals surface area (Å²) in [6, 6.07) is 1.60. The Hall–Kier alpha value is -2.24. The van der Waals surface area contributed by atoms with Crippen LogP contribution in [0.5, 0.6) is 0 Å². The molecule has 0 aromatic carbocycles. The molecule has 70 valence electrons. The molecule has 0 bridgehead atoms. The van der Waals surface area contributed by atoms with Crippen molar-refractivity contribution in [1.29, 1.82) is 0 Å². The SMILES string of the molecule is Nc1ncc([N+](=O)[O-])c2cnccc12. The lowest BCUT2D eigenvalue weighted by Crippen LogP contribution is -1.96. The number of aromatic nitrogens is 2. The second kappa shape index (κ2) is 2.91. The summed E-state index contributed by atoms with van der Waals surface area (Å²) in [4.78, 5) is 17.7. The summed E-state index contributed by atoms with van der Waals surface area (Å²) in [6.45, 7) is 0. The van der Waals surface area contributed by atoms with Crippen molar-refractivity contribution >= 4 is 22.3 Å². The van der Waals surface area contributed by atoms with E-state index in [2.05, 4.69) is 9.97 Å². The first-order valence-corrected chi connectivity index (χ1v) is 3.82. The molecule has 0 spiro atoms. The van der Waals surface area contributed by atoms with Gasteiger partial charge in [-0.2, -0.15) is 0 Å². The van der Waals surface area contributed by atoms with E-state index < -0.39 is 4.92 Å². The second-order valence-electron chi connectivity index (χ2n) is 2.71. The average molecular weight is 190 g/mol. The van der Waals surface area contributed by atoms with Crippen molar-refractivity contribution in [3.63, 3.8) is 0 Å². The fourth-order valence-corrected chi connectivity index (χ4v) is 1.24. The quantitative estimate of drug-likeness (QED) is 0.537. The highest BCUT2D eigenvalue weighted by Crippen LogP contribution is 2.26. The van der Waals surface area contributed by atoms with Crippen molar-refractivity contribution in [1.82, 2.24) is 9.97 Å². The van der Waals surface area contributed by atoms with Crippen LogP contribution in [0, 0.1) is 10.1 Å². The number of nitrogens with zero attached hydrogens (tertiary/aromatic N) is 3. The summed E-state index contributed by atoms with van der Waals surface area (Å²) >= 11 is 0. The van der Waals surface area contributed by atoms with Crippen LogP contribution in [0.25, 0.3) is 10.8 Å². The Kier molecular flexibility index (Phi) is 1.74. The van der Waals surface area contributed by atoms with E-state index in [1.54, 1.807) is 6.07 Å². The predicted molar refractivity (Wildman–Crippen MR) is 50.6 cm³/mol. The highest BCUT2D eigenvalue weighted by atomic mass is 16.6. The molecule has 2 aromatic rings. The number of nitrogen functional groups attached to an aromatic ring is 1. The van der Waals surface area contributed by atoms with Crippen LogP contribution in [0.1, 0.15) is 0 Å². The largest absolute Gasteiger partial charge is 0.383 e. The summed E-state index contributed by atoms with van der Waals surface area (Å²) in [5.74, 6) is 0.271. The molecule has 14 heavy (non-hydrogen) atoms. The number of hydrogen-bond donors (Lipinski definition) is 1. The average Bonchev–Trinajstić information content (AvgIpc) is 2.18. The van der Waals surface area contributed by atoms with Gasteiger partial charge in [0.1, 0.15) is 12.0 Å². The predicted octanol–water partition coefficient (Wildman–Crippen LogP) is 1.12. The summed E-state index contributed by atoms with van der Waals surface area (Å²) < 4.78 is 0. The van der Waals surface area contributed by atoms with Crippen molar-refractivity contribution in [3.05, 3.63) is 34.8 Å². The van der Waals surface area contributed by atoms with Crippen LogP contribution in [0.3, 0.4) is 0 Å². The fourth-order valence-electron chi connectivity index (χ4n) is 1.24. The third kappa shape index (κ3) is 1.13. The normalized spacial score (nSPS) is 10.3. The fraction of sp³-hybridized carbons (Fsp3) is 0. The molecule has 2 heterocycles. The van der Waals surface area contributed by atoms with Crippen LogP contribution in [0.2, 0.25) is 0 Å². The Bertz CT molecular complexity index is 512. The van der Waals surface area contributed by atoms with Gasteiger partial charge in [-0.05, 0) is 6.07 Å². The Morgan fingerprint density at radius 2 is 2.14 bits per heavy atom. The first-order valence-electron chi connectivity index (χ1n) is 3.82. The van der Waals surface area contributed by atoms with E-state index >= 15 is 0 Å². The van der Waals surface area contributed by atoms with Crippen molar-refractivity contribution < 1.29 is 4.92 Å². The van der Waals surface area contributed by atoms with E-state index in [1.807, 2.05) is 0 Å². The van der Waals surface area contributed by atoms with E-state index in [-0.39, 0.29) is 11.5 Å². The number of nitro groups is 1. The van der Waals surface area contributed by atoms with Gasteiger partial charge in [0.25, 0.3) is 5.69 Å². The molecular weight excluding hydrogens is 184 g/mol. The minimum atomic E-state index is -0.504. The molecule has 0 fully saturated rings. The highest BCUT2D eigenvalue weighted by molar-refractivity contribution is 5.96. The molecule has 0 aliphatic rings. The van der Waals surface area contributed by atoms with Crippen LogP contribution in [0.15, 0.2) is 24.7 Å². The minimum Gasteiger partial charge on any atom is -0.383 e. The molecule has 0 saturated carbocycles. The van der Waals surface area contributed by atoms with Crippen LogP contribution in [0.4, 0.5) is 11.5 Å². The third-order valence-electron chi connectivity index (χ3n) is 1.90. The van der Waals surface area contributed by atoms with E-state index in [0.29, 0.717) is 10.8 Å². The number of nitrogens with two attached hydrogens (primary N) is 1. The van der Waals surface area contributed by atoms with E-state index in [1.165, 1.54) is 12.4 Å². The standard InChI is InChI=1S/C8H6N4O2/c9-8-5-1-2-10-3-6(5)7(4-11-8)12(13)14/h1-4H,(H2,9,11). The molecular formula is C8H6N4O2. The van der Waals surface area contributed by atoms with Crippen LogP contribution >= 0.6 is 0 Å². The van der Waals surface area contributed by atoms with Crippen LogP contribution < -0.4 is 5.73 Å². The number of hydrogen-bond acceptors (Lipinski definition) is 5. The molecule has 0 unspecified atom stereocenters. The molecule has 0 aliphatic carbocycles. The van der Waals surface area contributed by atoms with Gasteiger partial charge >= 0.3 is 0 Å². The van der Waals surface area contributed by atoms with Gasteiger partial charge in [-0.25, -0.2) is 4.98 Å². The minimum absolute atomic E-state index is 0.0812. The number of fused-ring (bicyclic) bond motifs is 1. The monoisotopic (exact) mass is 190 g/mol. The van der Waals surface area contributed by atoms with Gasteiger partial charge in [0, 0.05) is 17.8 Å². The van der Waals surface area contributed by atoms with Gasteiger partial charge in [0.15, 0.2) is 0 Å². The molecule has 0 amide bonds. The van der Waals surface area contributed by atoms with Crippen molar-refractivity contribution in [2.24, 2.45) is 0 Å². The van der Waals surface area contributed by atoms with Gasteiger partial charge in [0.05, 0.1) is 10.3 Å². The summed E-state index contributed by atoms with van der Waals surface area (Å²) in [6.07, 6.45) is 4.06. The second-order valence-corrected chi connectivity index (χ2v) is 2.71. The maximum Gasteiger partial charge on any atom is 0.297 e. The van der Waals surface area contributed by atoms with Crippen LogP contribution in [-0.4, -0.2) is 14.9 Å². The van der Waals surface area contributed by atoms with Gasteiger partial charge in [-0.3, -0.25) is 15.1 Å². The Morgan fingerprint density at radius 1 is 1.36 bits per heavy atom. The van der Waals surface area contributed by atoms with E-state index in [4.69, 9.17) is 5.73 Å². The molecule has 6 heteroatoms. The Balaban J connectivity index is 2.88. The summed E-state index contributed by atoms with van der Waals surface area (Å²) in [7, 11) is 0. The van der Waals surface area contributed by atoms with Crippen molar-refractivity contribution in [2.45, 2.75) is 0 Å². The van der Waals surface area contributed by atoms with E-state index in [0.717, 1.165) is 6.20 Å². The topological polar surface area (TPSA) is 94.9 Å². The number of pyridine rings is 2. The number of rotatable bonds is 1. The lowest BCUT2D eigenvalue weighted by molar-refractivity contribution is -0.383. The first-order chi connectivity index (χ1) is 6.70. The van der Waals surface area contributed by atoms with Gasteiger partial charge < -0.3 is 5.73 Å². The maximum absolute atomic E-state index is 10.6. The van der Waals surface area contributed by atoms with Crippen LogP contribution in [-0.2, 0) is 0 Å². The maximum atomic E-state index is 10.6. The Morgan fingerprint density at radius 3 is 2.86 bits per heavy atom. The zero-order valence-electron chi connectivity index (χ0n) is 7.04. The van der Waals surface area contributed by atoms with Gasteiger partial charge in [-0.15, -0.1) is 0 Å². The smallest absolute Gasteiger partial charge is 0.297 e. The zero-order valence-corrected chi connectivity index (χ0v) is 7.04. The number of anilines is 1. The molecule has 2 aromatic heterocycles. The van der Waals surface area contributed by atoms with Gasteiger partial charge in [0.2, 0.25) is 0 Å². The Labute approximate surface area is 78.5 Å². The first kappa shape index (κ1) is 8.36. The third-order valence-corrected chi connectivity index (χ3v) is 1.90.